The molecule has 1 aromatic carbocycles. The molecule has 1 rings (SSSR count). The number of halogens is 2. The van der Waals surface area contributed by atoms with Crippen LogP contribution in [0.3, 0.4) is 0 Å². The van der Waals surface area contributed by atoms with Gasteiger partial charge < -0.3 is 5.11 Å². The highest BCUT2D eigenvalue weighted by Gasteiger charge is 2.12. The number of hydrogen-bond acceptors (Lipinski definition) is 1. The van der Waals surface area contributed by atoms with E-state index >= 15 is 0 Å². The first kappa shape index (κ1) is 10.2. The van der Waals surface area contributed by atoms with Crippen molar-refractivity contribution in [3.8, 4) is 0 Å². The van der Waals surface area contributed by atoms with Crippen molar-refractivity contribution in [3.63, 3.8) is 0 Å². The van der Waals surface area contributed by atoms with Crippen LogP contribution >= 0.6 is 15.9 Å². The van der Waals surface area contributed by atoms with Crippen molar-refractivity contribution in [1.82, 2.24) is 0 Å². The zero-order chi connectivity index (χ0) is 10.0. The molecule has 1 N–H and O–H groups in total. The number of aromatic carboxylic acids is 1. The number of alkyl halides is 1. The van der Waals surface area contributed by atoms with E-state index in [2.05, 4.69) is 15.9 Å². The highest BCUT2D eigenvalue weighted by Crippen LogP contribution is 2.20. The zero-order valence-corrected chi connectivity index (χ0v) is 8.56. The molecule has 0 spiro atoms. The molecule has 2 nitrogen and oxygen atoms in total. The highest BCUT2D eigenvalue weighted by molar-refractivity contribution is 9.08. The van der Waals surface area contributed by atoms with Crippen molar-refractivity contribution in [2.45, 2.75) is 12.3 Å². The summed E-state index contributed by atoms with van der Waals surface area (Å²) in [5.74, 6) is -1.40. The van der Waals surface area contributed by atoms with E-state index < -0.39 is 5.97 Å². The minimum atomic E-state index is -1.03. The van der Waals surface area contributed by atoms with Crippen LogP contribution in [0.2, 0.25) is 0 Å². The Labute approximate surface area is 83.5 Å². The molecule has 0 radical (unpaired) electrons. The lowest BCUT2D eigenvalue weighted by Gasteiger charge is -2.06. The first-order valence-electron chi connectivity index (χ1n) is 3.65. The van der Waals surface area contributed by atoms with Gasteiger partial charge in [0.2, 0.25) is 0 Å². The van der Waals surface area contributed by atoms with Crippen LogP contribution < -0.4 is 0 Å². The zero-order valence-electron chi connectivity index (χ0n) is 6.97. The lowest BCUT2D eigenvalue weighted by molar-refractivity contribution is 0.0696. The molecular formula is C9H8BrFO2. The Balaban J connectivity index is 3.35. The molecule has 0 unspecified atom stereocenters. The highest BCUT2D eigenvalue weighted by atomic mass is 79.9. The van der Waals surface area contributed by atoms with Crippen molar-refractivity contribution in [2.24, 2.45) is 0 Å². The summed E-state index contributed by atoms with van der Waals surface area (Å²) >= 11 is 3.11. The monoisotopic (exact) mass is 246 g/mol. The summed E-state index contributed by atoms with van der Waals surface area (Å²) < 4.78 is 13.1. The standard InChI is InChI=1S/C9H8BrFO2/c1-5-6(9(12)13)2-3-8(11)7(5)4-10/h2-3H,4H2,1H3,(H,12,13). The fourth-order valence-electron chi connectivity index (χ4n) is 1.12. The molecule has 0 bridgehead atoms. The summed E-state index contributed by atoms with van der Waals surface area (Å²) in [5.41, 5.74) is 1.03. The van der Waals surface area contributed by atoms with Gasteiger partial charge in [0.05, 0.1) is 5.56 Å². The minimum Gasteiger partial charge on any atom is -0.478 e. The maximum atomic E-state index is 13.1. The normalized spacial score (nSPS) is 10.1. The number of carboxylic acids is 1. The molecule has 0 fully saturated rings. The van der Waals surface area contributed by atoms with Crippen LogP contribution in [0.1, 0.15) is 21.5 Å². The molecule has 4 heteroatoms. The predicted molar refractivity (Wildman–Crippen MR) is 50.7 cm³/mol. The molecule has 0 aliphatic carbocycles. The van der Waals surface area contributed by atoms with E-state index in [-0.39, 0.29) is 11.4 Å². The SMILES string of the molecule is Cc1c(C(=O)O)ccc(F)c1CBr. The van der Waals surface area contributed by atoms with Gasteiger partial charge in [-0.2, -0.15) is 0 Å². The summed E-state index contributed by atoms with van der Waals surface area (Å²) in [4.78, 5) is 10.7. The van der Waals surface area contributed by atoms with Crippen molar-refractivity contribution in [3.05, 3.63) is 34.6 Å². The predicted octanol–water partition coefficient (Wildman–Crippen LogP) is 2.73. The quantitative estimate of drug-likeness (QED) is 0.816. The second-order valence-corrected chi connectivity index (χ2v) is 3.20. The third-order valence-electron chi connectivity index (χ3n) is 1.91. The van der Waals surface area contributed by atoms with Gasteiger partial charge in [-0.05, 0) is 24.6 Å². The van der Waals surface area contributed by atoms with E-state index in [1.165, 1.54) is 12.1 Å². The van der Waals surface area contributed by atoms with Crippen LogP contribution in [-0.4, -0.2) is 11.1 Å². The van der Waals surface area contributed by atoms with E-state index in [9.17, 15) is 9.18 Å². The average molecular weight is 247 g/mol. The van der Waals surface area contributed by atoms with E-state index in [0.29, 0.717) is 16.5 Å². The van der Waals surface area contributed by atoms with Gasteiger partial charge in [-0.25, -0.2) is 9.18 Å². The Bertz CT molecular complexity index is 350. The third kappa shape index (κ3) is 1.88. The van der Waals surface area contributed by atoms with Gasteiger partial charge in [0.1, 0.15) is 5.82 Å². The van der Waals surface area contributed by atoms with Crippen LogP contribution in [0.25, 0.3) is 0 Å². The van der Waals surface area contributed by atoms with Gasteiger partial charge in [-0.1, -0.05) is 15.9 Å². The maximum Gasteiger partial charge on any atom is 0.335 e. The Morgan fingerprint density at radius 3 is 2.69 bits per heavy atom. The number of carboxylic acid groups (broad SMARTS) is 1. The number of hydrogen-bond donors (Lipinski definition) is 1. The second kappa shape index (κ2) is 3.87. The molecule has 0 aliphatic heterocycles. The molecule has 0 heterocycles. The molecular weight excluding hydrogens is 239 g/mol. The molecule has 0 aliphatic rings. The lowest BCUT2D eigenvalue weighted by Crippen LogP contribution is -2.03. The summed E-state index contributed by atoms with van der Waals surface area (Å²) in [5, 5.41) is 9.06. The topological polar surface area (TPSA) is 37.3 Å². The Morgan fingerprint density at radius 1 is 1.62 bits per heavy atom. The smallest absolute Gasteiger partial charge is 0.335 e. The third-order valence-corrected chi connectivity index (χ3v) is 2.47. The van der Waals surface area contributed by atoms with Gasteiger partial charge in [0, 0.05) is 10.9 Å². The van der Waals surface area contributed by atoms with Crippen LogP contribution in [0.5, 0.6) is 0 Å². The summed E-state index contributed by atoms with van der Waals surface area (Å²) in [6.07, 6.45) is 0. The number of carbonyl (C=O) groups is 1. The van der Waals surface area contributed by atoms with E-state index in [1.54, 1.807) is 6.92 Å². The van der Waals surface area contributed by atoms with Crippen LogP contribution in [0.4, 0.5) is 4.39 Å². The molecule has 1 aromatic rings. The van der Waals surface area contributed by atoms with Crippen molar-refractivity contribution < 1.29 is 14.3 Å². The summed E-state index contributed by atoms with van der Waals surface area (Å²) in [7, 11) is 0. The molecule has 0 aromatic heterocycles. The van der Waals surface area contributed by atoms with Crippen molar-refractivity contribution >= 4 is 21.9 Å². The van der Waals surface area contributed by atoms with Gasteiger partial charge in [-0.15, -0.1) is 0 Å². The Morgan fingerprint density at radius 2 is 2.23 bits per heavy atom. The molecule has 0 amide bonds. The van der Waals surface area contributed by atoms with E-state index in [0.717, 1.165) is 0 Å². The van der Waals surface area contributed by atoms with Gasteiger partial charge in [0.25, 0.3) is 0 Å². The first-order valence-corrected chi connectivity index (χ1v) is 4.77. The average Bonchev–Trinajstić information content (AvgIpc) is 2.04. The molecule has 0 atom stereocenters. The van der Waals surface area contributed by atoms with E-state index in [1.807, 2.05) is 0 Å². The fraction of sp³-hybridized carbons (Fsp3) is 0.222. The first-order chi connectivity index (χ1) is 6.07. The summed E-state index contributed by atoms with van der Waals surface area (Å²) in [6, 6.07) is 2.45. The maximum absolute atomic E-state index is 13.1. The molecule has 13 heavy (non-hydrogen) atoms. The lowest BCUT2D eigenvalue weighted by atomic mass is 10.0. The Hall–Kier alpha value is -0.900. The number of benzene rings is 1. The van der Waals surface area contributed by atoms with Gasteiger partial charge in [-0.3, -0.25) is 0 Å². The molecule has 70 valence electrons. The van der Waals surface area contributed by atoms with Crippen molar-refractivity contribution in [2.75, 3.05) is 0 Å². The second-order valence-electron chi connectivity index (χ2n) is 2.64. The minimum absolute atomic E-state index is 0.149. The van der Waals surface area contributed by atoms with Crippen LogP contribution in [0.15, 0.2) is 12.1 Å². The Kier molecular flexibility index (Phi) is 3.03. The van der Waals surface area contributed by atoms with E-state index in [4.69, 9.17) is 5.11 Å². The number of rotatable bonds is 2. The van der Waals surface area contributed by atoms with Gasteiger partial charge in [0.15, 0.2) is 0 Å². The van der Waals surface area contributed by atoms with Crippen molar-refractivity contribution in [1.29, 1.82) is 0 Å². The summed E-state index contributed by atoms with van der Waals surface area (Å²) in [6.45, 7) is 1.60. The van der Waals surface area contributed by atoms with Crippen LogP contribution in [0, 0.1) is 12.7 Å². The molecule has 0 saturated carbocycles. The molecule has 0 saturated heterocycles. The fourth-order valence-corrected chi connectivity index (χ4v) is 1.81. The van der Waals surface area contributed by atoms with Gasteiger partial charge >= 0.3 is 5.97 Å². The van der Waals surface area contributed by atoms with Crippen LogP contribution in [-0.2, 0) is 5.33 Å². The largest absolute Gasteiger partial charge is 0.478 e.